The monoisotopic (exact) mass is 328 g/mol. The van der Waals surface area contributed by atoms with Gasteiger partial charge in [0.1, 0.15) is 6.33 Å². The molecule has 120 valence electrons. The van der Waals surface area contributed by atoms with E-state index in [1.54, 1.807) is 17.7 Å². The van der Waals surface area contributed by atoms with Crippen LogP contribution in [0.25, 0.3) is 0 Å². The molecule has 1 fully saturated rings. The van der Waals surface area contributed by atoms with Crippen LogP contribution in [0.1, 0.15) is 35.7 Å². The number of likely N-dealkylation sites (tertiary alicyclic amines) is 1. The highest BCUT2D eigenvalue weighted by Crippen LogP contribution is 2.33. The van der Waals surface area contributed by atoms with Gasteiger partial charge in [0.15, 0.2) is 0 Å². The van der Waals surface area contributed by atoms with Gasteiger partial charge in [-0.15, -0.1) is 0 Å². The second-order valence-electron chi connectivity index (χ2n) is 6.26. The standard InChI is InChI=1S/C17H20N4OS/c22-17(21-5-1-2-16(21)14-4-7-23-11-14)10-20-6-3-13-8-18-12-19-15(13)9-20/h4,7-8,11-12,16H,1-3,5-6,9-10H2/t16-/m1/s1. The van der Waals surface area contributed by atoms with E-state index in [9.17, 15) is 4.79 Å². The molecule has 4 heterocycles. The number of nitrogens with zero attached hydrogens (tertiary/aromatic N) is 4. The van der Waals surface area contributed by atoms with Gasteiger partial charge in [-0.1, -0.05) is 0 Å². The van der Waals surface area contributed by atoms with E-state index in [1.807, 2.05) is 6.20 Å². The maximum Gasteiger partial charge on any atom is 0.237 e. The van der Waals surface area contributed by atoms with Gasteiger partial charge >= 0.3 is 0 Å². The fraction of sp³-hybridized carbons (Fsp3) is 0.471. The molecule has 1 saturated heterocycles. The Morgan fingerprint density at radius 1 is 1.39 bits per heavy atom. The van der Waals surface area contributed by atoms with Crippen molar-refractivity contribution in [1.82, 2.24) is 19.8 Å². The molecule has 2 aliphatic rings. The fourth-order valence-electron chi connectivity index (χ4n) is 3.60. The molecule has 1 atom stereocenters. The molecular formula is C17H20N4OS. The van der Waals surface area contributed by atoms with Crippen molar-refractivity contribution in [2.24, 2.45) is 0 Å². The van der Waals surface area contributed by atoms with Gasteiger partial charge in [-0.3, -0.25) is 9.69 Å². The lowest BCUT2D eigenvalue weighted by molar-refractivity contribution is -0.133. The summed E-state index contributed by atoms with van der Waals surface area (Å²) < 4.78 is 0. The van der Waals surface area contributed by atoms with Crippen LogP contribution in [0.5, 0.6) is 0 Å². The molecule has 4 rings (SSSR count). The molecular weight excluding hydrogens is 308 g/mol. The van der Waals surface area contributed by atoms with Crippen LogP contribution in [0.15, 0.2) is 29.4 Å². The van der Waals surface area contributed by atoms with Gasteiger partial charge in [0.25, 0.3) is 0 Å². The molecule has 6 heteroatoms. The smallest absolute Gasteiger partial charge is 0.237 e. The van der Waals surface area contributed by atoms with E-state index < -0.39 is 0 Å². The lowest BCUT2D eigenvalue weighted by Gasteiger charge is -2.30. The summed E-state index contributed by atoms with van der Waals surface area (Å²) in [5.74, 6) is 0.246. The third kappa shape index (κ3) is 3.01. The van der Waals surface area contributed by atoms with Crippen molar-refractivity contribution < 1.29 is 4.79 Å². The first-order valence-electron chi connectivity index (χ1n) is 8.13. The SMILES string of the molecule is O=C(CN1CCc2cncnc2C1)N1CCC[C@@H]1c1ccsc1. The Balaban J connectivity index is 1.42. The molecule has 5 nitrogen and oxygen atoms in total. The van der Waals surface area contributed by atoms with Crippen LogP contribution in [0, 0.1) is 0 Å². The van der Waals surface area contributed by atoms with Crippen molar-refractivity contribution in [3.8, 4) is 0 Å². The number of thiophene rings is 1. The van der Waals surface area contributed by atoms with Gasteiger partial charge in [-0.2, -0.15) is 11.3 Å². The first kappa shape index (κ1) is 14.8. The summed E-state index contributed by atoms with van der Waals surface area (Å²) in [4.78, 5) is 25.5. The van der Waals surface area contributed by atoms with E-state index in [2.05, 4.69) is 36.6 Å². The van der Waals surface area contributed by atoms with Crippen LogP contribution in [0.3, 0.4) is 0 Å². The summed E-state index contributed by atoms with van der Waals surface area (Å²) in [6, 6.07) is 2.42. The molecule has 1 amide bonds. The van der Waals surface area contributed by atoms with Crippen LogP contribution in [-0.2, 0) is 17.8 Å². The molecule has 0 radical (unpaired) electrons. The molecule has 2 aromatic heterocycles. The van der Waals surface area contributed by atoms with Gasteiger partial charge in [-0.05, 0) is 47.2 Å². The van der Waals surface area contributed by atoms with Crippen LogP contribution in [0.2, 0.25) is 0 Å². The van der Waals surface area contributed by atoms with Crippen molar-refractivity contribution >= 4 is 17.2 Å². The average Bonchev–Trinajstić information content (AvgIpc) is 3.25. The number of rotatable bonds is 3. The topological polar surface area (TPSA) is 49.3 Å². The number of hydrogen-bond acceptors (Lipinski definition) is 5. The van der Waals surface area contributed by atoms with Gasteiger partial charge in [0, 0.05) is 25.8 Å². The number of carbonyl (C=O) groups excluding carboxylic acids is 1. The van der Waals surface area contributed by atoms with Crippen molar-refractivity contribution in [1.29, 1.82) is 0 Å². The molecule has 2 aliphatic heterocycles. The Hall–Kier alpha value is -1.79. The zero-order valence-corrected chi connectivity index (χ0v) is 13.8. The minimum absolute atomic E-state index is 0.246. The average molecular weight is 328 g/mol. The van der Waals surface area contributed by atoms with Crippen molar-refractivity contribution in [2.75, 3.05) is 19.6 Å². The van der Waals surface area contributed by atoms with E-state index >= 15 is 0 Å². The van der Waals surface area contributed by atoms with Crippen LogP contribution in [0.4, 0.5) is 0 Å². The van der Waals surface area contributed by atoms with Crippen LogP contribution < -0.4 is 0 Å². The van der Waals surface area contributed by atoms with Gasteiger partial charge < -0.3 is 4.90 Å². The molecule has 0 aromatic carbocycles. The summed E-state index contributed by atoms with van der Waals surface area (Å²) in [5.41, 5.74) is 3.57. The zero-order valence-electron chi connectivity index (χ0n) is 13.0. The first-order valence-corrected chi connectivity index (χ1v) is 9.07. The molecule has 0 N–H and O–H groups in total. The summed E-state index contributed by atoms with van der Waals surface area (Å²) in [5, 5.41) is 4.27. The van der Waals surface area contributed by atoms with E-state index in [0.29, 0.717) is 6.54 Å². The minimum atomic E-state index is 0.246. The number of amides is 1. The molecule has 0 bridgehead atoms. The molecule has 23 heavy (non-hydrogen) atoms. The highest BCUT2D eigenvalue weighted by Gasteiger charge is 2.31. The molecule has 2 aromatic rings. The van der Waals surface area contributed by atoms with Gasteiger partial charge in [0.05, 0.1) is 18.3 Å². The van der Waals surface area contributed by atoms with Crippen molar-refractivity contribution in [2.45, 2.75) is 31.8 Å². The first-order chi connectivity index (χ1) is 11.3. The van der Waals surface area contributed by atoms with E-state index in [4.69, 9.17) is 0 Å². The van der Waals surface area contributed by atoms with E-state index in [-0.39, 0.29) is 11.9 Å². The third-order valence-electron chi connectivity index (χ3n) is 4.81. The van der Waals surface area contributed by atoms with Crippen LogP contribution in [-0.4, -0.2) is 45.3 Å². The van der Waals surface area contributed by atoms with Crippen molar-refractivity contribution in [3.63, 3.8) is 0 Å². The molecule has 0 unspecified atom stereocenters. The molecule has 0 spiro atoms. The molecule has 0 aliphatic carbocycles. The predicted molar refractivity (Wildman–Crippen MR) is 89.0 cm³/mol. The summed E-state index contributed by atoms with van der Waals surface area (Å²) >= 11 is 1.71. The predicted octanol–water partition coefficient (Wildman–Crippen LogP) is 2.26. The van der Waals surface area contributed by atoms with Crippen molar-refractivity contribution in [3.05, 3.63) is 46.2 Å². The summed E-state index contributed by atoms with van der Waals surface area (Å²) in [6.07, 6.45) is 6.60. The normalized spacial score (nSPS) is 21.4. The second-order valence-corrected chi connectivity index (χ2v) is 7.04. The van der Waals surface area contributed by atoms with E-state index in [1.165, 1.54) is 11.1 Å². The maximum atomic E-state index is 12.8. The Morgan fingerprint density at radius 2 is 2.35 bits per heavy atom. The molecule has 0 saturated carbocycles. The Labute approximate surface area is 140 Å². The van der Waals surface area contributed by atoms with Gasteiger partial charge in [0.2, 0.25) is 5.91 Å². The number of carbonyl (C=O) groups is 1. The lowest BCUT2D eigenvalue weighted by atomic mass is 10.1. The summed E-state index contributed by atoms with van der Waals surface area (Å²) in [6.45, 7) is 3.03. The highest BCUT2D eigenvalue weighted by atomic mass is 32.1. The third-order valence-corrected chi connectivity index (χ3v) is 5.51. The van der Waals surface area contributed by atoms with Gasteiger partial charge in [-0.25, -0.2) is 9.97 Å². The second kappa shape index (κ2) is 6.37. The fourth-order valence-corrected chi connectivity index (χ4v) is 4.30. The lowest BCUT2D eigenvalue weighted by Crippen LogP contribution is -2.42. The summed E-state index contributed by atoms with van der Waals surface area (Å²) in [7, 11) is 0. The zero-order chi connectivity index (χ0) is 15.6. The maximum absolute atomic E-state index is 12.8. The Kier molecular flexibility index (Phi) is 4.10. The van der Waals surface area contributed by atoms with Crippen LogP contribution >= 0.6 is 11.3 Å². The number of hydrogen-bond donors (Lipinski definition) is 0. The minimum Gasteiger partial charge on any atom is -0.335 e. The van der Waals surface area contributed by atoms with E-state index in [0.717, 1.165) is 44.6 Å². The quantitative estimate of drug-likeness (QED) is 0.867. The highest BCUT2D eigenvalue weighted by molar-refractivity contribution is 7.07. The Morgan fingerprint density at radius 3 is 3.22 bits per heavy atom. The number of fused-ring (bicyclic) bond motifs is 1. The largest absolute Gasteiger partial charge is 0.335 e. The number of aromatic nitrogens is 2. The Bertz CT molecular complexity index is 688.